The number of hydrogen-bond donors (Lipinski definition) is 0. The first-order chi connectivity index (χ1) is 6.47. The smallest absolute Gasteiger partial charge is 0.0522 e. The molecule has 88 valence electrons. The van der Waals surface area contributed by atoms with Crippen LogP contribution in [0.5, 0.6) is 0 Å². The van der Waals surface area contributed by atoms with E-state index in [1.54, 1.807) is 0 Å². The molecule has 2 nitrogen and oxygen atoms in total. The van der Waals surface area contributed by atoms with Crippen LogP contribution in [0.15, 0.2) is 0 Å². The molecule has 0 unspecified atom stereocenters. The Hall–Kier alpha value is -0.0800. The van der Waals surface area contributed by atoms with Crippen molar-refractivity contribution in [3.8, 4) is 0 Å². The third-order valence-electron chi connectivity index (χ3n) is 1.89. The van der Waals surface area contributed by atoms with Crippen LogP contribution in [-0.4, -0.2) is 36.7 Å². The monoisotopic (exact) mass is 203 g/mol. The average Bonchev–Trinajstić information content (AvgIpc) is 2.06. The van der Waals surface area contributed by atoms with Crippen LogP contribution in [0.2, 0.25) is 0 Å². The van der Waals surface area contributed by atoms with Gasteiger partial charge in [0.15, 0.2) is 0 Å². The maximum absolute atomic E-state index is 5.25. The van der Waals surface area contributed by atoms with E-state index in [1.165, 1.54) is 19.6 Å². The summed E-state index contributed by atoms with van der Waals surface area (Å²) in [5.41, 5.74) is 0. The molecular formula is C12H29NO. The van der Waals surface area contributed by atoms with Crippen molar-refractivity contribution in [3.63, 3.8) is 0 Å². The zero-order valence-corrected chi connectivity index (χ0v) is 11.1. The van der Waals surface area contributed by atoms with E-state index >= 15 is 0 Å². The minimum atomic E-state index is 0.375. The molecule has 0 heterocycles. The van der Waals surface area contributed by atoms with E-state index in [0.717, 1.165) is 0 Å². The average molecular weight is 203 g/mol. The molecule has 14 heavy (non-hydrogen) atoms. The van der Waals surface area contributed by atoms with Crippen LogP contribution in [0.1, 0.15) is 48.5 Å². The molecule has 0 aromatic rings. The Bertz CT molecular complexity index is 87.0. The largest absolute Gasteiger partial charge is 0.376 e. The van der Waals surface area contributed by atoms with E-state index in [1.807, 2.05) is 27.7 Å². The third kappa shape index (κ3) is 14.4. The number of nitrogens with zero attached hydrogens (tertiary/aromatic N) is 1. The molecule has 0 saturated heterocycles. The lowest BCUT2D eigenvalue weighted by Gasteiger charge is -2.13. The fourth-order valence-corrected chi connectivity index (χ4v) is 1.22. The van der Waals surface area contributed by atoms with Crippen molar-refractivity contribution in [1.29, 1.82) is 0 Å². The van der Waals surface area contributed by atoms with Crippen molar-refractivity contribution in [2.24, 2.45) is 0 Å². The molecule has 2 heteroatoms. The van der Waals surface area contributed by atoms with E-state index in [-0.39, 0.29) is 0 Å². The Morgan fingerprint density at radius 2 is 1.07 bits per heavy atom. The zero-order chi connectivity index (χ0) is 11.6. The summed E-state index contributed by atoms with van der Waals surface area (Å²) in [7, 11) is 0. The fraction of sp³-hybridized carbons (Fsp3) is 1.00. The summed E-state index contributed by atoms with van der Waals surface area (Å²) in [6, 6.07) is 0. The van der Waals surface area contributed by atoms with E-state index < -0.39 is 0 Å². The number of hydrogen-bond acceptors (Lipinski definition) is 2. The predicted octanol–water partition coefficient (Wildman–Crippen LogP) is 3.17. The van der Waals surface area contributed by atoms with Crippen molar-refractivity contribution in [1.82, 2.24) is 4.90 Å². The van der Waals surface area contributed by atoms with Crippen LogP contribution in [0, 0.1) is 0 Å². The summed E-state index contributed by atoms with van der Waals surface area (Å²) < 4.78 is 5.25. The lowest BCUT2D eigenvalue weighted by atomic mass is 10.4. The fourth-order valence-electron chi connectivity index (χ4n) is 1.22. The molecule has 0 fully saturated rings. The third-order valence-corrected chi connectivity index (χ3v) is 1.89. The van der Waals surface area contributed by atoms with Gasteiger partial charge in [0.05, 0.1) is 12.2 Å². The minimum Gasteiger partial charge on any atom is -0.376 e. The van der Waals surface area contributed by atoms with Crippen LogP contribution in [-0.2, 0) is 4.74 Å². The lowest BCUT2D eigenvalue weighted by molar-refractivity contribution is 0.0300. The summed E-state index contributed by atoms with van der Waals surface area (Å²) in [4.78, 5) is 2.38. The van der Waals surface area contributed by atoms with Crippen LogP contribution in [0.4, 0.5) is 0 Å². The number of rotatable bonds is 5. The first-order valence-corrected chi connectivity index (χ1v) is 5.85. The van der Waals surface area contributed by atoms with Gasteiger partial charge in [-0.25, -0.2) is 0 Å². The van der Waals surface area contributed by atoms with Crippen molar-refractivity contribution in [3.05, 3.63) is 0 Å². The van der Waals surface area contributed by atoms with Gasteiger partial charge in [-0.1, -0.05) is 20.8 Å². The molecule has 0 rings (SSSR count). The van der Waals surface area contributed by atoms with Gasteiger partial charge in [-0.2, -0.15) is 0 Å². The van der Waals surface area contributed by atoms with Crippen molar-refractivity contribution >= 4 is 0 Å². The Kier molecular flexibility index (Phi) is 12.8. The molecule has 0 spiro atoms. The topological polar surface area (TPSA) is 12.5 Å². The summed E-state index contributed by atoms with van der Waals surface area (Å²) in [5, 5.41) is 0. The lowest BCUT2D eigenvalue weighted by Crippen LogP contribution is -2.21. The summed E-state index contributed by atoms with van der Waals surface area (Å²) in [6.07, 6.45) is 0.750. The molecular weight excluding hydrogens is 174 g/mol. The summed E-state index contributed by atoms with van der Waals surface area (Å²) >= 11 is 0. The molecule has 0 aliphatic carbocycles. The summed E-state index contributed by atoms with van der Waals surface area (Å²) in [6.45, 7) is 18.3. The highest BCUT2D eigenvalue weighted by atomic mass is 16.5. The second-order valence-corrected chi connectivity index (χ2v) is 3.85. The Morgan fingerprint density at radius 1 is 0.786 bits per heavy atom. The molecule has 0 bridgehead atoms. The quantitative estimate of drug-likeness (QED) is 0.680. The molecule has 0 aromatic heterocycles. The van der Waals surface area contributed by atoms with Gasteiger partial charge in [0.25, 0.3) is 0 Å². The molecule has 0 atom stereocenters. The molecule has 0 radical (unpaired) electrons. The van der Waals surface area contributed by atoms with Gasteiger partial charge >= 0.3 is 0 Å². The Labute approximate surface area is 90.6 Å². The van der Waals surface area contributed by atoms with Crippen molar-refractivity contribution in [2.45, 2.75) is 60.7 Å². The molecule has 0 aliphatic heterocycles. The molecule has 0 amide bonds. The number of ether oxygens (including phenoxy) is 1. The molecule has 0 N–H and O–H groups in total. The van der Waals surface area contributed by atoms with Crippen molar-refractivity contribution in [2.75, 3.05) is 19.6 Å². The maximum Gasteiger partial charge on any atom is 0.0522 e. The standard InChI is InChI=1S/C6H15N.C6H14O/c1-4-7(5-2)6-3;1-5(2)7-6(3)4/h4-6H2,1-3H3;5-6H,1-4H3. The normalized spacial score (nSPS) is 10.7. The van der Waals surface area contributed by atoms with E-state index in [4.69, 9.17) is 4.74 Å². The zero-order valence-electron chi connectivity index (χ0n) is 11.1. The molecule has 0 aromatic carbocycles. The van der Waals surface area contributed by atoms with Crippen LogP contribution < -0.4 is 0 Å². The minimum absolute atomic E-state index is 0.375. The van der Waals surface area contributed by atoms with Gasteiger partial charge in [-0.3, -0.25) is 0 Å². The van der Waals surface area contributed by atoms with E-state index in [0.29, 0.717) is 12.2 Å². The van der Waals surface area contributed by atoms with E-state index in [9.17, 15) is 0 Å². The van der Waals surface area contributed by atoms with E-state index in [2.05, 4.69) is 25.7 Å². The highest BCUT2D eigenvalue weighted by Crippen LogP contribution is 1.93. The highest BCUT2D eigenvalue weighted by Gasteiger charge is 1.94. The van der Waals surface area contributed by atoms with Crippen LogP contribution >= 0.6 is 0 Å². The maximum atomic E-state index is 5.25. The van der Waals surface area contributed by atoms with Crippen molar-refractivity contribution < 1.29 is 4.74 Å². The SMILES string of the molecule is CC(C)OC(C)C.CCN(CC)CC. The van der Waals surface area contributed by atoms with Gasteiger partial charge in [0.1, 0.15) is 0 Å². The first kappa shape index (κ1) is 16.4. The van der Waals surface area contributed by atoms with Crippen LogP contribution in [0.25, 0.3) is 0 Å². The van der Waals surface area contributed by atoms with Gasteiger partial charge < -0.3 is 9.64 Å². The van der Waals surface area contributed by atoms with Crippen LogP contribution in [0.3, 0.4) is 0 Å². The first-order valence-electron chi connectivity index (χ1n) is 5.85. The second kappa shape index (κ2) is 11.0. The van der Waals surface area contributed by atoms with Gasteiger partial charge in [-0.15, -0.1) is 0 Å². The van der Waals surface area contributed by atoms with Gasteiger partial charge in [0.2, 0.25) is 0 Å². The van der Waals surface area contributed by atoms with Gasteiger partial charge in [0, 0.05) is 0 Å². The van der Waals surface area contributed by atoms with Gasteiger partial charge in [-0.05, 0) is 47.3 Å². The Morgan fingerprint density at radius 3 is 1.07 bits per heavy atom. The highest BCUT2D eigenvalue weighted by molar-refractivity contribution is 4.43. The predicted molar refractivity (Wildman–Crippen MR) is 64.8 cm³/mol. The molecule has 0 aliphatic rings. The Balaban J connectivity index is 0. The summed E-state index contributed by atoms with van der Waals surface area (Å²) in [5.74, 6) is 0. The molecule has 0 saturated carbocycles. The second-order valence-electron chi connectivity index (χ2n) is 3.85.